The van der Waals surface area contributed by atoms with Crippen LogP contribution in [0, 0.1) is 84.3 Å². The minimum Gasteiger partial charge on any atom is -0.626 e. The van der Waals surface area contributed by atoms with Gasteiger partial charge in [0.15, 0.2) is 11.4 Å². The molecular weight excluding hydrogens is 1400 g/mol. The first kappa shape index (κ1) is 72.5. The van der Waals surface area contributed by atoms with Crippen molar-refractivity contribution in [2.75, 3.05) is 0 Å². The summed E-state index contributed by atoms with van der Waals surface area (Å²) in [5.41, 5.74) is 13.7. The van der Waals surface area contributed by atoms with Crippen LogP contribution in [-0.4, -0.2) is 23.7 Å². The largest absolute Gasteiger partial charge is 2.00 e. The topological polar surface area (TPSA) is 259 Å². The first-order valence-electron chi connectivity index (χ1n) is 32.9. The zero-order chi connectivity index (χ0) is 74.4. The molecule has 8 aromatic carbocycles. The van der Waals surface area contributed by atoms with Crippen LogP contribution in [0.25, 0.3) is 42.8 Å². The molecule has 107 heavy (non-hydrogen) atoms. The number of fused-ring (bicyclic) bond motifs is 2. The van der Waals surface area contributed by atoms with Crippen LogP contribution in [0.5, 0.6) is 46.3 Å². The van der Waals surface area contributed by atoms with Gasteiger partial charge < -0.3 is 47.2 Å². The molecule has 0 bridgehead atoms. The van der Waals surface area contributed by atoms with E-state index in [9.17, 15) is 24.4 Å². The van der Waals surface area contributed by atoms with Gasteiger partial charge in [-0.05, 0) is 227 Å². The standard InChI is InChI=1S/C44H32N4O6.C42H28N4O6.Zn/c1-24-19-25(2)38(26(3)20-24)40(41-27(4)21-36(47-41)51-32-16-11-31(46-6)12-17-32)42-28(5)39(43(48-42)52-33-13-7-29(23-45)8-14-33)44(50)53-34-15-9-30-10-18-37(49)54-35(30)22-34;1-24-19-25(2)39(26(3)20-24)40(34-16-17-37(45-34)49-30-11-5-27(23-43)6-12-30)35-22-33(41(46-35)50-31-14-9-29(44-4)10-15-31)42(48)51-32-13-7-28-8-18-38(47)52-36(28)21-32;/h7-22H,1-5H3,(H,47,48,50);5-22H,1-3H3,(H,45,46,48);/q;;+2/p-2. The molecule has 0 unspecified atom stereocenters. The summed E-state index contributed by atoms with van der Waals surface area (Å²) in [6.45, 7) is 30.3. The van der Waals surface area contributed by atoms with Gasteiger partial charge in [0.05, 0.1) is 53.4 Å². The number of aliphatic imine (C=N–C) groups is 2. The average Bonchev–Trinajstić information content (AvgIpc) is 1.62. The van der Waals surface area contributed by atoms with Crippen molar-refractivity contribution in [2.24, 2.45) is 9.98 Å². The van der Waals surface area contributed by atoms with Crippen molar-refractivity contribution >= 4 is 68.2 Å². The van der Waals surface area contributed by atoms with E-state index in [2.05, 4.69) is 46.1 Å². The number of aromatic nitrogens is 2. The van der Waals surface area contributed by atoms with Gasteiger partial charge in [0.25, 0.3) is 0 Å². The first-order chi connectivity index (χ1) is 51.2. The summed E-state index contributed by atoms with van der Waals surface area (Å²) in [5, 5.41) is 19.8. The van der Waals surface area contributed by atoms with Gasteiger partial charge in [-0.15, -0.1) is 11.4 Å². The Bertz CT molecular complexity index is 6070. The maximum absolute atomic E-state index is 14.2. The van der Waals surface area contributed by atoms with Gasteiger partial charge in [0.2, 0.25) is 11.8 Å². The molecule has 0 atom stereocenters. The number of carbonyl (C=O) groups is 2. The molecule has 2 aliphatic heterocycles. The van der Waals surface area contributed by atoms with Gasteiger partial charge in [-0.3, -0.25) is 0 Å². The monoisotopic (exact) mass is 1460 g/mol. The smallest absolute Gasteiger partial charge is 0.626 e. The molecule has 12 aromatic rings. The van der Waals surface area contributed by atoms with E-state index in [1.807, 2.05) is 60.6 Å². The van der Waals surface area contributed by atoms with Crippen LogP contribution in [0.2, 0.25) is 0 Å². The van der Waals surface area contributed by atoms with Crippen LogP contribution >= 0.6 is 0 Å². The second kappa shape index (κ2) is 31.2. The molecule has 0 saturated carbocycles. The van der Waals surface area contributed by atoms with Gasteiger partial charge in [0, 0.05) is 52.9 Å². The number of nitriles is 2. The Hall–Kier alpha value is -14.2. The van der Waals surface area contributed by atoms with Crippen LogP contribution in [0.4, 0.5) is 11.4 Å². The zero-order valence-corrected chi connectivity index (χ0v) is 61.8. The molecule has 0 N–H and O–H groups in total. The summed E-state index contributed by atoms with van der Waals surface area (Å²) in [4.78, 5) is 78.4. The Morgan fingerprint density at radius 3 is 1.45 bits per heavy atom. The number of nitrogens with zero attached hydrogens (tertiary/aromatic N) is 8. The van der Waals surface area contributed by atoms with E-state index in [1.165, 1.54) is 24.3 Å². The van der Waals surface area contributed by atoms with Crippen molar-refractivity contribution in [3.8, 4) is 58.4 Å². The maximum Gasteiger partial charge on any atom is 2.00 e. The minimum atomic E-state index is -0.763. The maximum atomic E-state index is 14.2. The number of aryl methyl sites for hydroxylation is 7. The van der Waals surface area contributed by atoms with Gasteiger partial charge in [0.1, 0.15) is 51.2 Å². The number of benzene rings is 8. The number of hydrogen-bond acceptors (Lipinski definition) is 16. The molecule has 14 rings (SSSR count). The van der Waals surface area contributed by atoms with Crippen molar-refractivity contribution in [3.05, 3.63) is 351 Å². The molecule has 516 valence electrons. The van der Waals surface area contributed by atoms with E-state index in [0.717, 1.165) is 50.1 Å². The van der Waals surface area contributed by atoms with E-state index in [-0.39, 0.29) is 65.1 Å². The fourth-order valence-corrected chi connectivity index (χ4v) is 12.4. The molecule has 4 aromatic heterocycles. The minimum absolute atomic E-state index is 0. The molecule has 0 amide bonds. The molecule has 0 fully saturated rings. The van der Waals surface area contributed by atoms with Crippen molar-refractivity contribution in [3.63, 3.8) is 0 Å². The van der Waals surface area contributed by atoms with Crippen molar-refractivity contribution in [2.45, 2.75) is 55.4 Å². The number of hydrogen-bond donors (Lipinski definition) is 0. The fourth-order valence-electron chi connectivity index (χ4n) is 12.4. The SMILES string of the molecule is [C-]#[N+]c1ccc(Oc2[n-]c(/C(=C3/C=CC(Oc4ccc(C#N)cc4)=N3)c3c(C)cc(C)cc3C)cc2C(=O)Oc2ccc3ccc(=O)oc3c2)cc1.[C-]#[N+]c1ccc(Oc2cc(C)c(/C(=C3\N=C(Oc4ccc(C#N)cc4)C(C(=O)Oc4ccc5ccc(=O)oc5c4)=C3C)c3c(C)cc(C)cc3C)[n-]2)cc1.[Zn+2]. The van der Waals surface area contributed by atoms with Crippen LogP contribution in [0.1, 0.15) is 89.9 Å². The number of ether oxygens (including phenoxy) is 6. The molecule has 0 radical (unpaired) electrons. The Kier molecular flexibility index (Phi) is 21.1. The number of rotatable bonds is 14. The second-order valence-electron chi connectivity index (χ2n) is 24.8. The first-order valence-corrected chi connectivity index (χ1v) is 32.9. The van der Waals surface area contributed by atoms with E-state index in [1.54, 1.807) is 153 Å². The van der Waals surface area contributed by atoms with Crippen LogP contribution < -0.4 is 49.6 Å². The van der Waals surface area contributed by atoms with Crippen molar-refractivity contribution < 1.29 is 66.3 Å². The summed E-state index contributed by atoms with van der Waals surface area (Å²) in [5.74, 6) is 1.17. The van der Waals surface area contributed by atoms with Crippen LogP contribution in [0.3, 0.4) is 0 Å². The van der Waals surface area contributed by atoms with Gasteiger partial charge in [-0.25, -0.2) is 38.9 Å². The summed E-state index contributed by atoms with van der Waals surface area (Å²) in [7, 11) is 0. The molecule has 20 nitrogen and oxygen atoms in total. The fraction of sp³-hybridized carbons (Fsp3) is 0.0930. The van der Waals surface area contributed by atoms with E-state index in [4.69, 9.17) is 75.6 Å². The number of allylic oxidation sites excluding steroid dienone is 2. The summed E-state index contributed by atoms with van der Waals surface area (Å²) >= 11 is 0. The molecule has 6 heterocycles. The average molecular weight is 1460 g/mol. The Morgan fingerprint density at radius 1 is 0.477 bits per heavy atom. The van der Waals surface area contributed by atoms with Crippen LogP contribution in [0.15, 0.2) is 257 Å². The van der Waals surface area contributed by atoms with Crippen molar-refractivity contribution in [1.82, 2.24) is 9.97 Å². The van der Waals surface area contributed by atoms with Crippen molar-refractivity contribution in [1.29, 1.82) is 10.5 Å². The molecule has 0 spiro atoms. The molecule has 0 aliphatic carbocycles. The predicted molar refractivity (Wildman–Crippen MR) is 399 cm³/mol. The predicted octanol–water partition coefficient (Wildman–Crippen LogP) is 18.3. The molecule has 21 heteroatoms. The summed E-state index contributed by atoms with van der Waals surface area (Å²) in [6.07, 6.45) is 3.55. The summed E-state index contributed by atoms with van der Waals surface area (Å²) < 4.78 is 46.9. The van der Waals surface area contributed by atoms with E-state index >= 15 is 0 Å². The summed E-state index contributed by atoms with van der Waals surface area (Å²) in [6, 6.07) is 57.7. The Labute approximate surface area is 625 Å². The van der Waals surface area contributed by atoms with E-state index in [0.29, 0.717) is 108 Å². The van der Waals surface area contributed by atoms with Gasteiger partial charge in [-0.2, -0.15) is 10.5 Å². The van der Waals surface area contributed by atoms with Gasteiger partial charge >= 0.3 is 42.7 Å². The quantitative estimate of drug-likeness (QED) is 0.0322. The third-order valence-electron chi connectivity index (χ3n) is 17.1. The third-order valence-corrected chi connectivity index (χ3v) is 17.1. The zero-order valence-electron chi connectivity index (χ0n) is 58.8. The Morgan fingerprint density at radius 2 is 0.935 bits per heavy atom. The number of esters is 2. The number of carbonyl (C=O) groups excluding carboxylic acids is 2. The van der Waals surface area contributed by atoms with Crippen LogP contribution in [-0.2, 0) is 24.3 Å². The van der Waals surface area contributed by atoms with E-state index < -0.39 is 23.2 Å². The molecule has 2 aliphatic rings. The third kappa shape index (κ3) is 16.0. The second-order valence-corrected chi connectivity index (χ2v) is 24.8. The molecule has 0 saturated heterocycles. The molecular formula is C86H58N8O12Zn. The Balaban J connectivity index is 0.000000198. The van der Waals surface area contributed by atoms with Gasteiger partial charge in [-0.1, -0.05) is 71.3 Å². The normalized spacial score (nSPS) is 13.0.